The molecule has 3 fully saturated rings. The first-order chi connectivity index (χ1) is 45.5. The van der Waals surface area contributed by atoms with Crippen LogP contribution in [0.1, 0.15) is 228 Å². The molecule has 25 nitrogen and oxygen atoms in total. The minimum atomic E-state index is -1.30. The highest BCUT2D eigenvalue weighted by molar-refractivity contribution is 5.80. The van der Waals surface area contributed by atoms with Crippen LogP contribution in [0.3, 0.4) is 0 Å². The largest absolute Gasteiger partial charge is 0.394 e. The van der Waals surface area contributed by atoms with Crippen LogP contribution in [0, 0.1) is 23.2 Å². The maximum atomic E-state index is 13.9. The summed E-state index contributed by atoms with van der Waals surface area (Å²) in [5, 5.41) is 96.0. The zero-order valence-electron chi connectivity index (χ0n) is 58.6. The number of ketones is 3. The van der Waals surface area contributed by atoms with Gasteiger partial charge in [-0.2, -0.15) is 0 Å². The lowest BCUT2D eigenvalue weighted by Gasteiger charge is -2.40. The maximum Gasteiger partial charge on any atom is 0.220 e. The summed E-state index contributed by atoms with van der Waals surface area (Å²) in [4.78, 5) is 66.1. The highest BCUT2D eigenvalue weighted by Crippen LogP contribution is 2.30. The van der Waals surface area contributed by atoms with Crippen molar-refractivity contribution in [3.8, 4) is 0 Å². The number of ether oxygens (including phenoxy) is 9. The fourth-order valence-electron chi connectivity index (χ4n) is 11.9. The van der Waals surface area contributed by atoms with Crippen LogP contribution in [0.15, 0.2) is 0 Å². The van der Waals surface area contributed by atoms with Crippen LogP contribution in [-0.2, 0) is 66.6 Å². The molecule has 0 aromatic carbocycles. The molecule has 25 heteroatoms. The molecule has 0 saturated carbocycles. The van der Waals surface area contributed by atoms with Crippen LogP contribution in [0.2, 0.25) is 0 Å². The number of aliphatic hydroxyl groups is 9. The molecule has 0 aliphatic carbocycles. The number of nitrogens with one attached hydrogen (secondary N) is 2. The number of unbranched alkanes of at least 4 members (excludes halogenated alkanes) is 15. The van der Waals surface area contributed by atoms with E-state index in [0.717, 1.165) is 109 Å². The first kappa shape index (κ1) is 86.5. The molecule has 3 aliphatic rings. The Morgan fingerprint density at radius 1 is 0.368 bits per heavy atom. The highest BCUT2D eigenvalue weighted by Gasteiger charge is 2.45. The standard InChI is InChI=1S/C70H128N2O23/c1-49-60(81)63(84)55(43-73)93-66(49)90-37-23-15-7-10-18-27-52(76)32-40-87-46-70(72-59(80)31-26-30-58(79)71-36-22-14-13-21-35-69(4,5)6,47-88-41-33-53(77)28-19-11-8-16-24-38-91-67-50(2)61(82)64(85)56(44-74)94-67)48-89-42-34-54(78)29-20-12-9-17-25-39-92-68-51(3)62(83)65(86)57(45-75)95-68/h49-51,55-57,60-68,73-75,81-86H,7-48H2,1-6H3,(H,71,79)(H,72,80)/t49?,50?,51?,55?,56?,57?,60-,61-,62-,63+,64+,65+,66-,67-,68-,70?/m1/s1. The number of amides is 2. The normalized spacial score (nSPS) is 27.1. The Bertz CT molecular complexity index is 1870. The van der Waals surface area contributed by atoms with Gasteiger partial charge >= 0.3 is 0 Å². The molecule has 3 rings (SSSR count). The Labute approximate surface area is 566 Å². The molecule has 0 aromatic rings. The van der Waals surface area contributed by atoms with E-state index in [1.54, 1.807) is 20.8 Å². The average molecular weight is 1370 g/mol. The smallest absolute Gasteiger partial charge is 0.220 e. The van der Waals surface area contributed by atoms with Crippen molar-refractivity contribution in [2.24, 2.45) is 23.2 Å². The molecule has 0 aromatic heterocycles. The van der Waals surface area contributed by atoms with Crippen molar-refractivity contribution in [2.45, 2.75) is 307 Å². The fourth-order valence-corrected chi connectivity index (χ4v) is 11.9. The van der Waals surface area contributed by atoms with Gasteiger partial charge in [0, 0.05) is 95.5 Å². The molecule has 556 valence electrons. The average Bonchev–Trinajstić information content (AvgIpc) is 0.857. The molecule has 95 heavy (non-hydrogen) atoms. The van der Waals surface area contributed by atoms with Gasteiger partial charge in [-0.1, -0.05) is 119 Å². The number of Topliss-reactive ketones (excluding diaryl/α,β-unsaturated/α-hetero) is 3. The van der Waals surface area contributed by atoms with Crippen molar-refractivity contribution in [3.05, 3.63) is 0 Å². The number of aliphatic hydroxyl groups excluding tert-OH is 9. The minimum absolute atomic E-state index is 0.0125. The van der Waals surface area contributed by atoms with Crippen LogP contribution >= 0.6 is 0 Å². The number of hydrogen-bond acceptors (Lipinski definition) is 23. The molecule has 3 saturated heterocycles. The van der Waals surface area contributed by atoms with Gasteiger partial charge in [0.25, 0.3) is 0 Å². The second-order valence-corrected chi connectivity index (χ2v) is 28.1. The molecular formula is C70H128N2O23. The van der Waals surface area contributed by atoms with E-state index in [4.69, 9.17) is 42.6 Å². The van der Waals surface area contributed by atoms with Gasteiger partial charge < -0.3 is 99.2 Å². The maximum absolute atomic E-state index is 13.9. The SMILES string of the molecule is CC1[C@H](OCCCCCCCC(=O)CCOCC(COCCC(=O)CCCCCCCO[C@@H]2OC(CO)[C@H](O)[C@H](O)C2C)(COCCC(=O)CCCCCCCO[C@@H]2OC(CO)[C@H](O)[C@H](O)C2C)NC(=O)CCCC(=O)NCCCCCCC(C)(C)C)OC(CO)[C@H](O)[C@@H]1O. The molecule has 3 heterocycles. The summed E-state index contributed by atoms with van der Waals surface area (Å²) in [6, 6.07) is 0. The van der Waals surface area contributed by atoms with Gasteiger partial charge in [-0.15, -0.1) is 0 Å². The Morgan fingerprint density at radius 2 is 0.684 bits per heavy atom. The summed E-state index contributed by atoms with van der Waals surface area (Å²) in [5.74, 6) is -1.88. The lowest BCUT2D eigenvalue weighted by Crippen LogP contribution is -2.58. The van der Waals surface area contributed by atoms with E-state index < -0.39 is 117 Å². The van der Waals surface area contributed by atoms with Crippen LogP contribution in [0.5, 0.6) is 0 Å². The van der Waals surface area contributed by atoms with E-state index in [1.165, 1.54) is 0 Å². The van der Waals surface area contributed by atoms with Gasteiger partial charge in [0.1, 0.15) is 59.5 Å². The second-order valence-electron chi connectivity index (χ2n) is 28.1. The summed E-state index contributed by atoms with van der Waals surface area (Å²) in [6.45, 7) is 12.0. The van der Waals surface area contributed by atoms with Crippen LogP contribution in [-0.4, -0.2) is 240 Å². The van der Waals surface area contributed by atoms with Gasteiger partial charge in [-0.05, 0) is 63.2 Å². The van der Waals surface area contributed by atoms with Crippen molar-refractivity contribution >= 4 is 29.2 Å². The van der Waals surface area contributed by atoms with Gasteiger partial charge in [-0.3, -0.25) is 24.0 Å². The van der Waals surface area contributed by atoms with E-state index in [1.807, 2.05) is 0 Å². The van der Waals surface area contributed by atoms with Crippen LogP contribution in [0.4, 0.5) is 0 Å². The quantitative estimate of drug-likeness (QED) is 0.0342. The predicted molar refractivity (Wildman–Crippen MR) is 353 cm³/mol. The van der Waals surface area contributed by atoms with Crippen molar-refractivity contribution in [1.82, 2.24) is 10.6 Å². The molecule has 0 bridgehead atoms. The number of rotatable bonds is 56. The fraction of sp³-hybridized carbons (Fsp3) is 0.929. The van der Waals surface area contributed by atoms with Crippen LogP contribution < -0.4 is 10.6 Å². The van der Waals surface area contributed by atoms with Crippen molar-refractivity contribution in [3.63, 3.8) is 0 Å². The molecule has 15 atom stereocenters. The van der Waals surface area contributed by atoms with Crippen molar-refractivity contribution < 1.29 is 113 Å². The molecule has 11 N–H and O–H groups in total. The molecule has 0 radical (unpaired) electrons. The summed E-state index contributed by atoms with van der Waals surface area (Å²) in [7, 11) is 0. The number of carbonyl (C=O) groups excluding carboxylic acids is 5. The highest BCUT2D eigenvalue weighted by atomic mass is 16.7. The first-order valence-electron chi connectivity index (χ1n) is 36.0. The monoisotopic (exact) mass is 1360 g/mol. The van der Waals surface area contributed by atoms with Gasteiger partial charge in [0.15, 0.2) is 18.9 Å². The van der Waals surface area contributed by atoms with E-state index in [2.05, 4.69) is 31.4 Å². The Kier molecular flexibility index (Phi) is 45.2. The Balaban J connectivity index is 1.55. The third-order valence-corrected chi connectivity index (χ3v) is 18.3. The molecular weight excluding hydrogens is 1240 g/mol. The number of hydrogen-bond donors (Lipinski definition) is 11. The number of carbonyl (C=O) groups is 5. The summed E-state index contributed by atoms with van der Waals surface area (Å²) >= 11 is 0. The Morgan fingerprint density at radius 3 is 1.03 bits per heavy atom. The van der Waals surface area contributed by atoms with Gasteiger partial charge in [-0.25, -0.2) is 0 Å². The lowest BCUT2D eigenvalue weighted by molar-refractivity contribution is -0.282. The van der Waals surface area contributed by atoms with Crippen molar-refractivity contribution in [1.29, 1.82) is 0 Å². The van der Waals surface area contributed by atoms with E-state index >= 15 is 0 Å². The zero-order chi connectivity index (χ0) is 70.0. The molecule has 6 unspecified atom stereocenters. The second kappa shape index (κ2) is 49.7. The van der Waals surface area contributed by atoms with Crippen molar-refractivity contribution in [2.75, 3.05) is 85.8 Å². The third-order valence-electron chi connectivity index (χ3n) is 18.3. The topological polar surface area (TPSA) is 375 Å². The van der Waals surface area contributed by atoms with Gasteiger partial charge in [0.05, 0.1) is 77.8 Å². The minimum Gasteiger partial charge on any atom is -0.394 e. The predicted octanol–water partition coefficient (Wildman–Crippen LogP) is 5.35. The molecule has 3 aliphatic heterocycles. The summed E-state index contributed by atoms with van der Waals surface area (Å²) in [5.41, 5.74) is -1.01. The first-order valence-corrected chi connectivity index (χ1v) is 36.0. The third kappa shape index (κ3) is 35.9. The van der Waals surface area contributed by atoms with E-state index in [-0.39, 0.29) is 107 Å². The zero-order valence-corrected chi connectivity index (χ0v) is 58.6. The van der Waals surface area contributed by atoms with Gasteiger partial charge in [0.2, 0.25) is 11.8 Å². The molecule has 2 amide bonds. The molecule has 0 spiro atoms. The van der Waals surface area contributed by atoms with Crippen LogP contribution in [0.25, 0.3) is 0 Å². The summed E-state index contributed by atoms with van der Waals surface area (Å²) in [6.07, 6.45) is 7.15. The summed E-state index contributed by atoms with van der Waals surface area (Å²) < 4.78 is 53.0. The van der Waals surface area contributed by atoms with E-state index in [0.29, 0.717) is 70.3 Å². The Hall–Kier alpha value is -2.77. The lowest BCUT2D eigenvalue weighted by atomic mass is 9.89. The van der Waals surface area contributed by atoms with E-state index in [9.17, 15) is 69.9 Å².